The summed E-state index contributed by atoms with van der Waals surface area (Å²) in [5.74, 6) is -0.430. The molecule has 1 fully saturated rings. The first-order chi connectivity index (χ1) is 11.7. The number of aryl methyl sites for hydroxylation is 1. The highest BCUT2D eigenvalue weighted by atomic mass is 32.2. The minimum absolute atomic E-state index is 0.0184. The molecule has 0 radical (unpaired) electrons. The molecular weight excluding hydrogens is 346 g/mol. The molecule has 0 aromatic heterocycles. The maximum atomic E-state index is 12.9. The summed E-state index contributed by atoms with van der Waals surface area (Å²) in [6.07, 6.45) is -1.44. The van der Waals surface area contributed by atoms with Crippen LogP contribution in [0.4, 0.5) is 4.79 Å². The van der Waals surface area contributed by atoms with Gasteiger partial charge in [0, 0.05) is 0 Å². The van der Waals surface area contributed by atoms with Gasteiger partial charge in [0.2, 0.25) is 0 Å². The van der Waals surface area contributed by atoms with Crippen LogP contribution in [0.15, 0.2) is 29.2 Å². The number of benzene rings is 1. The van der Waals surface area contributed by atoms with Crippen molar-refractivity contribution >= 4 is 22.1 Å². The summed E-state index contributed by atoms with van der Waals surface area (Å²) in [7, 11) is -2.91. The molecule has 0 bridgehead atoms. The number of nitrogens with zero attached hydrogens (tertiary/aromatic N) is 1. The molecule has 2 atom stereocenters. The molecule has 1 aliphatic rings. The number of rotatable bonds is 6. The quantitative estimate of drug-likeness (QED) is 0.716. The predicted octanol–water partition coefficient (Wildman–Crippen LogP) is 2.48. The fourth-order valence-corrected chi connectivity index (χ4v) is 4.30. The van der Waals surface area contributed by atoms with Crippen LogP contribution in [0.2, 0.25) is 0 Å². The van der Waals surface area contributed by atoms with E-state index in [2.05, 4.69) is 4.74 Å². The van der Waals surface area contributed by atoms with Crippen LogP contribution in [0.25, 0.3) is 0 Å². The lowest BCUT2D eigenvalue weighted by molar-refractivity contribution is -0.141. The van der Waals surface area contributed by atoms with E-state index in [1.54, 1.807) is 12.1 Å². The van der Waals surface area contributed by atoms with E-state index in [0.29, 0.717) is 10.7 Å². The second-order valence-corrected chi connectivity index (χ2v) is 8.33. The van der Waals surface area contributed by atoms with Crippen molar-refractivity contribution in [1.82, 2.24) is 4.31 Å². The first-order valence-corrected chi connectivity index (χ1v) is 9.49. The van der Waals surface area contributed by atoms with E-state index in [-0.39, 0.29) is 17.2 Å². The Morgan fingerprint density at radius 1 is 1.28 bits per heavy atom. The largest absolute Gasteiger partial charge is 0.469 e. The van der Waals surface area contributed by atoms with Gasteiger partial charge in [0.25, 0.3) is 10.0 Å². The molecule has 1 amide bonds. The lowest BCUT2D eigenvalue weighted by Crippen LogP contribution is -2.42. The minimum atomic E-state index is -4.13. The van der Waals surface area contributed by atoms with Crippen LogP contribution in [0.3, 0.4) is 0 Å². The van der Waals surface area contributed by atoms with E-state index in [1.807, 2.05) is 20.8 Å². The SMILES string of the molecule is COC(=O)C[C@H]1[C@H](CC(C)C)OC(=O)N1S(=O)(=O)c1ccc(C)cc1. The Morgan fingerprint density at radius 2 is 1.88 bits per heavy atom. The Bertz CT molecular complexity index is 741. The molecule has 138 valence electrons. The van der Waals surface area contributed by atoms with Crippen molar-refractivity contribution in [2.45, 2.75) is 50.7 Å². The lowest BCUT2D eigenvalue weighted by Gasteiger charge is -2.24. The molecule has 2 rings (SSSR count). The van der Waals surface area contributed by atoms with Crippen molar-refractivity contribution in [3.63, 3.8) is 0 Å². The first-order valence-electron chi connectivity index (χ1n) is 8.05. The van der Waals surface area contributed by atoms with E-state index in [9.17, 15) is 18.0 Å². The second-order valence-electron chi connectivity index (χ2n) is 6.51. The van der Waals surface area contributed by atoms with Crippen molar-refractivity contribution < 1.29 is 27.5 Å². The molecule has 7 nitrogen and oxygen atoms in total. The number of carbonyl (C=O) groups is 2. The maximum Gasteiger partial charge on any atom is 0.424 e. The van der Waals surface area contributed by atoms with Crippen molar-refractivity contribution in [2.75, 3.05) is 7.11 Å². The summed E-state index contributed by atoms with van der Waals surface area (Å²) < 4.78 is 36.5. The first kappa shape index (κ1) is 19.2. The summed E-state index contributed by atoms with van der Waals surface area (Å²) in [4.78, 5) is 24.0. The predicted molar refractivity (Wildman–Crippen MR) is 90.3 cm³/mol. The van der Waals surface area contributed by atoms with Crippen molar-refractivity contribution in [1.29, 1.82) is 0 Å². The summed E-state index contributed by atoms with van der Waals surface area (Å²) in [6.45, 7) is 5.69. The molecular formula is C17H23NO6S. The van der Waals surface area contributed by atoms with Gasteiger partial charge in [0.15, 0.2) is 0 Å². The Balaban J connectivity index is 2.42. The maximum absolute atomic E-state index is 12.9. The topological polar surface area (TPSA) is 90.0 Å². The normalized spacial score (nSPS) is 20.7. The Hall–Kier alpha value is -2.09. The van der Waals surface area contributed by atoms with E-state index in [4.69, 9.17) is 4.74 Å². The molecule has 0 aliphatic carbocycles. The minimum Gasteiger partial charge on any atom is -0.469 e. The average molecular weight is 369 g/mol. The highest BCUT2D eigenvalue weighted by Gasteiger charge is 2.49. The van der Waals surface area contributed by atoms with E-state index in [0.717, 1.165) is 5.56 Å². The number of esters is 1. The monoisotopic (exact) mass is 369 g/mol. The molecule has 1 aromatic rings. The van der Waals surface area contributed by atoms with Crippen molar-refractivity contribution in [3.05, 3.63) is 29.8 Å². The van der Waals surface area contributed by atoms with Crippen LogP contribution in [-0.4, -0.2) is 44.0 Å². The van der Waals surface area contributed by atoms with Gasteiger partial charge >= 0.3 is 12.1 Å². The zero-order valence-corrected chi connectivity index (χ0v) is 15.6. The van der Waals surface area contributed by atoms with Crippen LogP contribution in [0.1, 0.15) is 32.3 Å². The molecule has 0 unspecified atom stereocenters. The van der Waals surface area contributed by atoms with Crippen LogP contribution in [-0.2, 0) is 24.3 Å². The zero-order chi connectivity index (χ0) is 18.8. The number of cyclic esters (lactones) is 1. The van der Waals surface area contributed by atoms with Crippen LogP contribution < -0.4 is 0 Å². The average Bonchev–Trinajstić information content (AvgIpc) is 2.82. The second kappa shape index (κ2) is 7.43. The van der Waals surface area contributed by atoms with E-state index >= 15 is 0 Å². The highest BCUT2D eigenvalue weighted by Crippen LogP contribution is 2.32. The third kappa shape index (κ3) is 4.12. The van der Waals surface area contributed by atoms with E-state index in [1.165, 1.54) is 19.2 Å². The van der Waals surface area contributed by atoms with Gasteiger partial charge in [-0.1, -0.05) is 31.5 Å². The molecule has 1 heterocycles. The van der Waals surface area contributed by atoms with Gasteiger partial charge in [-0.05, 0) is 31.4 Å². The molecule has 0 N–H and O–H groups in total. The molecule has 25 heavy (non-hydrogen) atoms. The fourth-order valence-electron chi connectivity index (χ4n) is 2.78. The number of amides is 1. The number of methoxy groups -OCH3 is 1. The number of sulfonamides is 1. The smallest absolute Gasteiger partial charge is 0.424 e. The molecule has 1 aromatic carbocycles. The third-order valence-corrected chi connectivity index (χ3v) is 5.85. The number of hydrogen-bond donors (Lipinski definition) is 0. The zero-order valence-electron chi connectivity index (χ0n) is 14.8. The van der Waals surface area contributed by atoms with Crippen LogP contribution >= 0.6 is 0 Å². The van der Waals surface area contributed by atoms with Gasteiger partial charge < -0.3 is 9.47 Å². The summed E-state index contributed by atoms with van der Waals surface area (Å²) in [5.41, 5.74) is 0.895. The molecule has 0 spiro atoms. The summed E-state index contributed by atoms with van der Waals surface area (Å²) in [5, 5.41) is 0. The number of ether oxygens (including phenoxy) is 2. The number of hydrogen-bond acceptors (Lipinski definition) is 6. The lowest BCUT2D eigenvalue weighted by atomic mass is 9.99. The van der Waals surface area contributed by atoms with Crippen LogP contribution in [0, 0.1) is 12.8 Å². The van der Waals surface area contributed by atoms with Crippen molar-refractivity contribution in [3.8, 4) is 0 Å². The van der Waals surface area contributed by atoms with E-state index < -0.39 is 34.2 Å². The molecule has 8 heteroatoms. The molecule has 1 aliphatic heterocycles. The van der Waals surface area contributed by atoms with Crippen molar-refractivity contribution in [2.24, 2.45) is 5.92 Å². The Morgan fingerprint density at radius 3 is 2.40 bits per heavy atom. The Labute approximate surface area is 148 Å². The third-order valence-electron chi connectivity index (χ3n) is 4.05. The van der Waals surface area contributed by atoms with Gasteiger partial charge in [0.05, 0.1) is 24.5 Å². The highest BCUT2D eigenvalue weighted by molar-refractivity contribution is 7.89. The molecule has 1 saturated heterocycles. The summed E-state index contributed by atoms with van der Waals surface area (Å²) in [6, 6.07) is 5.24. The standard InChI is InChI=1S/C17H23NO6S/c1-11(2)9-15-14(10-16(19)23-4)18(17(20)24-15)25(21,22)13-7-5-12(3)6-8-13/h5-8,11,14-15H,9-10H2,1-4H3/t14-,15-/m0/s1. The van der Waals surface area contributed by atoms with Gasteiger partial charge in [0.1, 0.15) is 6.10 Å². The Kier molecular flexibility index (Phi) is 5.72. The summed E-state index contributed by atoms with van der Waals surface area (Å²) >= 11 is 0. The number of carbonyl (C=O) groups excluding carboxylic acids is 2. The van der Waals surface area contributed by atoms with Gasteiger partial charge in [-0.2, -0.15) is 4.31 Å². The van der Waals surface area contributed by atoms with Gasteiger partial charge in [-0.3, -0.25) is 4.79 Å². The van der Waals surface area contributed by atoms with Crippen LogP contribution in [0.5, 0.6) is 0 Å². The fraction of sp³-hybridized carbons (Fsp3) is 0.529. The van der Waals surface area contributed by atoms with Gasteiger partial charge in [-0.25, -0.2) is 13.2 Å². The van der Waals surface area contributed by atoms with Gasteiger partial charge in [-0.15, -0.1) is 0 Å². The molecule has 0 saturated carbocycles.